The molecule has 2 heterocycles. The van der Waals surface area contributed by atoms with Crippen molar-refractivity contribution in [2.75, 3.05) is 18.0 Å². The summed E-state index contributed by atoms with van der Waals surface area (Å²) in [6.07, 6.45) is 2.20. The number of rotatable bonds is 5. The summed E-state index contributed by atoms with van der Waals surface area (Å²) in [7, 11) is 0. The van der Waals surface area contributed by atoms with Crippen LogP contribution in [0, 0.1) is 0 Å². The third-order valence-corrected chi connectivity index (χ3v) is 3.29. The predicted octanol–water partition coefficient (Wildman–Crippen LogP) is 1.88. The minimum absolute atomic E-state index is 0.892. The Morgan fingerprint density at radius 3 is 2.53 bits per heavy atom. The maximum Gasteiger partial charge on any atom is 0.225 e. The van der Waals surface area contributed by atoms with Crippen LogP contribution in [-0.2, 0) is 19.5 Å². The number of nitrogens with zero attached hydrogens (tertiary/aromatic N) is 3. The largest absolute Gasteiger partial charge is 0.341 e. The van der Waals surface area contributed by atoms with Crippen LogP contribution in [0.2, 0.25) is 0 Å². The lowest BCUT2D eigenvalue weighted by Crippen LogP contribution is -2.25. The van der Waals surface area contributed by atoms with Crippen LogP contribution in [-0.4, -0.2) is 23.1 Å². The third kappa shape index (κ3) is 2.41. The molecule has 0 amide bonds. The van der Waals surface area contributed by atoms with Crippen LogP contribution in [0.25, 0.3) is 0 Å². The first-order valence-corrected chi connectivity index (χ1v) is 6.64. The van der Waals surface area contributed by atoms with Crippen LogP contribution in [0.5, 0.6) is 0 Å². The molecule has 17 heavy (non-hydrogen) atoms. The van der Waals surface area contributed by atoms with E-state index in [2.05, 4.69) is 31.0 Å². The number of fused-ring (bicyclic) bond motifs is 1. The van der Waals surface area contributed by atoms with Crippen LogP contribution in [0.4, 0.5) is 5.95 Å². The average Bonchev–Trinajstić information content (AvgIpc) is 2.79. The van der Waals surface area contributed by atoms with Gasteiger partial charge in [0.25, 0.3) is 0 Å². The first-order valence-electron chi connectivity index (χ1n) is 6.64. The fourth-order valence-corrected chi connectivity index (χ4v) is 2.32. The van der Waals surface area contributed by atoms with Gasteiger partial charge in [0, 0.05) is 31.7 Å². The average molecular weight is 234 g/mol. The summed E-state index contributed by atoms with van der Waals surface area (Å²) in [6, 6.07) is 0. The lowest BCUT2D eigenvalue weighted by Gasteiger charge is -2.20. The Morgan fingerprint density at radius 2 is 1.88 bits per heavy atom. The SMILES string of the molecule is CCCc1nc(N(CC)CC)nc2c1CNC2. The maximum atomic E-state index is 4.75. The van der Waals surface area contributed by atoms with Gasteiger partial charge >= 0.3 is 0 Å². The highest BCUT2D eigenvalue weighted by Gasteiger charge is 2.19. The fraction of sp³-hybridized carbons (Fsp3) is 0.692. The molecule has 0 radical (unpaired) electrons. The molecule has 0 atom stereocenters. The van der Waals surface area contributed by atoms with Gasteiger partial charge in [0.15, 0.2) is 0 Å². The number of nitrogens with one attached hydrogen (secondary N) is 1. The predicted molar refractivity (Wildman–Crippen MR) is 70.1 cm³/mol. The molecular weight excluding hydrogens is 212 g/mol. The molecule has 0 spiro atoms. The lowest BCUT2D eigenvalue weighted by atomic mass is 10.1. The van der Waals surface area contributed by atoms with Crippen molar-refractivity contribution in [3.8, 4) is 0 Å². The van der Waals surface area contributed by atoms with E-state index in [0.717, 1.165) is 45.0 Å². The van der Waals surface area contributed by atoms with Crippen molar-refractivity contribution in [3.63, 3.8) is 0 Å². The van der Waals surface area contributed by atoms with Gasteiger partial charge in [-0.3, -0.25) is 0 Å². The Balaban J connectivity index is 2.38. The van der Waals surface area contributed by atoms with Crippen molar-refractivity contribution in [1.82, 2.24) is 15.3 Å². The van der Waals surface area contributed by atoms with Gasteiger partial charge in [-0.1, -0.05) is 13.3 Å². The van der Waals surface area contributed by atoms with Gasteiger partial charge in [0.2, 0.25) is 5.95 Å². The quantitative estimate of drug-likeness (QED) is 0.844. The van der Waals surface area contributed by atoms with Crippen molar-refractivity contribution < 1.29 is 0 Å². The molecule has 94 valence electrons. The first-order chi connectivity index (χ1) is 8.30. The van der Waals surface area contributed by atoms with Crippen molar-refractivity contribution >= 4 is 5.95 Å². The molecule has 0 fully saturated rings. The van der Waals surface area contributed by atoms with Gasteiger partial charge in [0.05, 0.1) is 11.4 Å². The Kier molecular flexibility index (Phi) is 3.94. The summed E-state index contributed by atoms with van der Waals surface area (Å²) in [5, 5.41) is 3.37. The van der Waals surface area contributed by atoms with Crippen LogP contribution in [0.3, 0.4) is 0 Å². The Hall–Kier alpha value is -1.16. The van der Waals surface area contributed by atoms with E-state index < -0.39 is 0 Å². The summed E-state index contributed by atoms with van der Waals surface area (Å²) in [5.74, 6) is 0.904. The standard InChI is InChI=1S/C13H22N4/c1-4-7-11-10-8-14-9-12(10)16-13(15-11)17(5-2)6-3/h14H,4-9H2,1-3H3. The van der Waals surface area contributed by atoms with E-state index in [1.807, 2.05) is 0 Å². The third-order valence-electron chi connectivity index (χ3n) is 3.29. The van der Waals surface area contributed by atoms with E-state index in [1.165, 1.54) is 17.0 Å². The van der Waals surface area contributed by atoms with E-state index in [1.54, 1.807) is 0 Å². The van der Waals surface area contributed by atoms with Crippen LogP contribution >= 0.6 is 0 Å². The molecule has 1 aliphatic rings. The second-order valence-corrected chi connectivity index (χ2v) is 4.42. The molecular formula is C13H22N4. The van der Waals surface area contributed by atoms with Crippen molar-refractivity contribution in [2.45, 2.75) is 46.7 Å². The number of anilines is 1. The normalized spacial score (nSPS) is 13.8. The zero-order valence-corrected chi connectivity index (χ0v) is 11.1. The van der Waals surface area contributed by atoms with E-state index >= 15 is 0 Å². The maximum absolute atomic E-state index is 4.75. The summed E-state index contributed by atoms with van der Waals surface area (Å²) in [5.41, 5.74) is 3.78. The molecule has 1 aromatic rings. The summed E-state index contributed by atoms with van der Waals surface area (Å²) in [4.78, 5) is 11.7. The molecule has 0 bridgehead atoms. The number of aryl methyl sites for hydroxylation is 1. The highest BCUT2D eigenvalue weighted by atomic mass is 15.2. The van der Waals surface area contributed by atoms with Gasteiger partial charge in [-0.15, -0.1) is 0 Å². The second kappa shape index (κ2) is 5.45. The Morgan fingerprint density at radius 1 is 1.12 bits per heavy atom. The van der Waals surface area contributed by atoms with Crippen molar-refractivity contribution in [3.05, 3.63) is 17.0 Å². The number of hydrogen-bond acceptors (Lipinski definition) is 4. The summed E-state index contributed by atoms with van der Waals surface area (Å²) in [6.45, 7) is 10.3. The van der Waals surface area contributed by atoms with Crippen LogP contribution in [0.1, 0.15) is 44.1 Å². The zero-order chi connectivity index (χ0) is 12.3. The van der Waals surface area contributed by atoms with E-state index in [4.69, 9.17) is 9.97 Å². The molecule has 1 aliphatic heterocycles. The fourth-order valence-electron chi connectivity index (χ4n) is 2.32. The molecule has 0 unspecified atom stereocenters. The smallest absolute Gasteiger partial charge is 0.225 e. The molecule has 1 aromatic heterocycles. The second-order valence-electron chi connectivity index (χ2n) is 4.42. The van der Waals surface area contributed by atoms with Crippen molar-refractivity contribution in [2.24, 2.45) is 0 Å². The Labute approximate surface area is 103 Å². The summed E-state index contributed by atoms with van der Waals surface area (Å²) < 4.78 is 0. The van der Waals surface area contributed by atoms with E-state index in [-0.39, 0.29) is 0 Å². The molecule has 0 aliphatic carbocycles. The van der Waals surface area contributed by atoms with E-state index in [9.17, 15) is 0 Å². The molecule has 0 saturated heterocycles. The highest BCUT2D eigenvalue weighted by Crippen LogP contribution is 2.21. The van der Waals surface area contributed by atoms with E-state index in [0.29, 0.717) is 0 Å². The number of aromatic nitrogens is 2. The lowest BCUT2D eigenvalue weighted by molar-refractivity contribution is 0.753. The van der Waals surface area contributed by atoms with Gasteiger partial charge in [-0.05, 0) is 20.3 Å². The summed E-state index contributed by atoms with van der Waals surface area (Å²) >= 11 is 0. The minimum Gasteiger partial charge on any atom is -0.341 e. The van der Waals surface area contributed by atoms with Crippen LogP contribution in [0.15, 0.2) is 0 Å². The highest BCUT2D eigenvalue weighted by molar-refractivity contribution is 5.38. The molecule has 0 saturated carbocycles. The molecule has 2 rings (SSSR count). The molecule has 4 nitrogen and oxygen atoms in total. The zero-order valence-electron chi connectivity index (χ0n) is 11.1. The van der Waals surface area contributed by atoms with Crippen LogP contribution < -0.4 is 10.2 Å². The molecule has 1 N–H and O–H groups in total. The Bertz CT molecular complexity index is 385. The van der Waals surface area contributed by atoms with Gasteiger partial charge in [-0.25, -0.2) is 9.97 Å². The topological polar surface area (TPSA) is 41.1 Å². The molecule has 4 heteroatoms. The van der Waals surface area contributed by atoms with Crippen molar-refractivity contribution in [1.29, 1.82) is 0 Å². The van der Waals surface area contributed by atoms with Gasteiger partial charge in [0.1, 0.15) is 0 Å². The first kappa shape index (κ1) is 12.3. The molecule has 0 aromatic carbocycles. The monoisotopic (exact) mass is 234 g/mol. The van der Waals surface area contributed by atoms with Gasteiger partial charge in [-0.2, -0.15) is 0 Å². The number of hydrogen-bond donors (Lipinski definition) is 1. The van der Waals surface area contributed by atoms with Gasteiger partial charge < -0.3 is 10.2 Å². The minimum atomic E-state index is 0.892.